The number of hydrogen-bond donors (Lipinski definition) is 1. The van der Waals surface area contributed by atoms with E-state index in [0.29, 0.717) is 13.2 Å². The van der Waals surface area contributed by atoms with Crippen LogP contribution in [0.25, 0.3) is 0 Å². The maximum atomic E-state index is 5.38. The highest BCUT2D eigenvalue weighted by Crippen LogP contribution is 2.24. The largest absolute Gasteiger partial charge is 0.497 e. The van der Waals surface area contributed by atoms with Crippen molar-refractivity contribution in [1.82, 2.24) is 0 Å². The van der Waals surface area contributed by atoms with Gasteiger partial charge in [-0.25, -0.2) is 0 Å². The molecule has 1 N–H and O–H groups in total. The molecule has 0 saturated carbocycles. The summed E-state index contributed by atoms with van der Waals surface area (Å²) in [7, 11) is 3.33. The molecule has 1 aromatic rings. The molecule has 0 aromatic heterocycles. The standard InChI is InChI=1S/C13H20BrNO3/c1-16-6-7-18-5-3-4-15-12-8-11(14)9-13(10-12)17-2/h8-10,15H,3-7H2,1-2H3. The van der Waals surface area contributed by atoms with E-state index in [1.807, 2.05) is 18.2 Å². The zero-order valence-electron chi connectivity index (χ0n) is 10.9. The van der Waals surface area contributed by atoms with Gasteiger partial charge in [-0.3, -0.25) is 0 Å². The van der Waals surface area contributed by atoms with Crippen LogP contribution >= 0.6 is 15.9 Å². The van der Waals surface area contributed by atoms with Crippen LogP contribution in [0.4, 0.5) is 5.69 Å². The van der Waals surface area contributed by atoms with Gasteiger partial charge in [-0.15, -0.1) is 0 Å². The molecule has 1 rings (SSSR count). The average molecular weight is 318 g/mol. The van der Waals surface area contributed by atoms with E-state index in [-0.39, 0.29) is 0 Å². The second kappa shape index (κ2) is 9.19. The number of methoxy groups -OCH3 is 2. The van der Waals surface area contributed by atoms with Gasteiger partial charge in [0.25, 0.3) is 0 Å². The number of ether oxygens (including phenoxy) is 3. The summed E-state index contributed by atoms with van der Waals surface area (Å²) in [5, 5.41) is 3.33. The Kier molecular flexibility index (Phi) is 7.80. The number of nitrogens with one attached hydrogen (secondary N) is 1. The van der Waals surface area contributed by atoms with Crippen molar-refractivity contribution in [2.24, 2.45) is 0 Å². The third-order valence-electron chi connectivity index (χ3n) is 2.33. The first-order valence-electron chi connectivity index (χ1n) is 5.91. The summed E-state index contributed by atoms with van der Waals surface area (Å²) < 4.78 is 16.5. The maximum absolute atomic E-state index is 5.38. The van der Waals surface area contributed by atoms with Crippen LogP contribution in [0.2, 0.25) is 0 Å². The molecular weight excluding hydrogens is 298 g/mol. The zero-order valence-corrected chi connectivity index (χ0v) is 12.5. The van der Waals surface area contributed by atoms with Gasteiger partial charge in [-0.1, -0.05) is 15.9 Å². The number of halogens is 1. The van der Waals surface area contributed by atoms with Crippen molar-refractivity contribution in [3.63, 3.8) is 0 Å². The van der Waals surface area contributed by atoms with Crippen molar-refractivity contribution in [2.45, 2.75) is 6.42 Å². The van der Waals surface area contributed by atoms with Crippen LogP contribution in [0.15, 0.2) is 22.7 Å². The zero-order chi connectivity index (χ0) is 13.2. The highest BCUT2D eigenvalue weighted by atomic mass is 79.9. The summed E-state index contributed by atoms with van der Waals surface area (Å²) in [6.45, 7) is 2.91. The minimum absolute atomic E-state index is 0.649. The fourth-order valence-corrected chi connectivity index (χ4v) is 1.91. The van der Waals surface area contributed by atoms with Gasteiger partial charge < -0.3 is 19.5 Å². The van der Waals surface area contributed by atoms with Crippen molar-refractivity contribution in [3.8, 4) is 5.75 Å². The third-order valence-corrected chi connectivity index (χ3v) is 2.79. The molecular formula is C13H20BrNO3. The molecule has 0 aliphatic heterocycles. The predicted molar refractivity (Wildman–Crippen MR) is 76.5 cm³/mol. The van der Waals surface area contributed by atoms with Crippen molar-refractivity contribution >= 4 is 21.6 Å². The summed E-state index contributed by atoms with van der Waals surface area (Å²) in [6.07, 6.45) is 0.957. The Morgan fingerprint density at radius 1 is 1.11 bits per heavy atom. The molecule has 0 fully saturated rings. The Morgan fingerprint density at radius 2 is 1.94 bits per heavy atom. The molecule has 4 nitrogen and oxygen atoms in total. The van der Waals surface area contributed by atoms with Crippen molar-refractivity contribution in [3.05, 3.63) is 22.7 Å². The molecule has 0 spiro atoms. The lowest BCUT2D eigenvalue weighted by molar-refractivity contribution is 0.0705. The van der Waals surface area contributed by atoms with Crippen LogP contribution in [0.5, 0.6) is 5.75 Å². The van der Waals surface area contributed by atoms with Crippen LogP contribution in [-0.4, -0.2) is 40.6 Å². The van der Waals surface area contributed by atoms with Crippen LogP contribution in [0.1, 0.15) is 6.42 Å². The van der Waals surface area contributed by atoms with Gasteiger partial charge in [0, 0.05) is 36.5 Å². The van der Waals surface area contributed by atoms with Gasteiger partial charge in [0.05, 0.1) is 20.3 Å². The van der Waals surface area contributed by atoms with Crippen LogP contribution < -0.4 is 10.1 Å². The summed E-state index contributed by atoms with van der Waals surface area (Å²) in [5.74, 6) is 0.836. The topological polar surface area (TPSA) is 39.7 Å². The number of rotatable bonds is 9. The fourth-order valence-electron chi connectivity index (χ4n) is 1.43. The second-order valence-corrected chi connectivity index (χ2v) is 4.68. The highest BCUT2D eigenvalue weighted by molar-refractivity contribution is 9.10. The van der Waals surface area contributed by atoms with Crippen molar-refractivity contribution in [1.29, 1.82) is 0 Å². The summed E-state index contributed by atoms with van der Waals surface area (Å²) >= 11 is 3.45. The monoisotopic (exact) mass is 317 g/mol. The summed E-state index contributed by atoms with van der Waals surface area (Å²) in [4.78, 5) is 0. The van der Waals surface area contributed by atoms with E-state index in [1.165, 1.54) is 0 Å². The molecule has 0 saturated heterocycles. The summed E-state index contributed by atoms with van der Waals surface area (Å²) in [6, 6.07) is 5.92. The van der Waals surface area contributed by atoms with Crippen molar-refractivity contribution < 1.29 is 14.2 Å². The fraction of sp³-hybridized carbons (Fsp3) is 0.538. The van der Waals surface area contributed by atoms with E-state index in [4.69, 9.17) is 14.2 Å². The number of benzene rings is 1. The van der Waals surface area contributed by atoms with Crippen LogP contribution in [0.3, 0.4) is 0 Å². The Bertz CT molecular complexity index is 347. The van der Waals surface area contributed by atoms with E-state index < -0.39 is 0 Å². The number of anilines is 1. The van der Waals surface area contributed by atoms with Gasteiger partial charge in [0.1, 0.15) is 5.75 Å². The van der Waals surface area contributed by atoms with Gasteiger partial charge in [-0.2, -0.15) is 0 Å². The average Bonchev–Trinajstić information content (AvgIpc) is 2.37. The van der Waals surface area contributed by atoms with Gasteiger partial charge in [0.15, 0.2) is 0 Å². The lowest BCUT2D eigenvalue weighted by atomic mass is 10.3. The van der Waals surface area contributed by atoms with Gasteiger partial charge in [0.2, 0.25) is 0 Å². The quantitative estimate of drug-likeness (QED) is 0.711. The van der Waals surface area contributed by atoms with Crippen LogP contribution in [-0.2, 0) is 9.47 Å². The van der Waals surface area contributed by atoms with Gasteiger partial charge in [-0.05, 0) is 18.6 Å². The molecule has 1 aromatic carbocycles. The number of hydrogen-bond acceptors (Lipinski definition) is 4. The lowest BCUT2D eigenvalue weighted by Gasteiger charge is -2.09. The van der Waals surface area contributed by atoms with Crippen LogP contribution in [0, 0.1) is 0 Å². The minimum Gasteiger partial charge on any atom is -0.497 e. The molecule has 0 unspecified atom stereocenters. The first-order valence-corrected chi connectivity index (χ1v) is 6.70. The first kappa shape index (κ1) is 15.3. The van der Waals surface area contributed by atoms with E-state index in [1.54, 1.807) is 14.2 Å². The van der Waals surface area contributed by atoms with Gasteiger partial charge >= 0.3 is 0 Å². The third kappa shape index (κ3) is 6.23. The Hall–Kier alpha value is -0.780. The molecule has 5 heteroatoms. The Balaban J connectivity index is 2.20. The minimum atomic E-state index is 0.649. The molecule has 0 aliphatic carbocycles. The molecule has 0 heterocycles. The van der Waals surface area contributed by atoms with Crippen molar-refractivity contribution in [2.75, 3.05) is 45.9 Å². The lowest BCUT2D eigenvalue weighted by Crippen LogP contribution is -2.08. The molecule has 0 radical (unpaired) electrons. The predicted octanol–water partition coefficient (Wildman–Crippen LogP) is 2.92. The maximum Gasteiger partial charge on any atom is 0.122 e. The Morgan fingerprint density at radius 3 is 2.67 bits per heavy atom. The normalized spacial score (nSPS) is 10.4. The Labute approximate surface area is 117 Å². The van der Waals surface area contributed by atoms with E-state index >= 15 is 0 Å². The second-order valence-electron chi connectivity index (χ2n) is 3.77. The van der Waals surface area contributed by atoms with E-state index in [0.717, 1.165) is 35.5 Å². The molecule has 102 valence electrons. The molecule has 0 amide bonds. The van der Waals surface area contributed by atoms with E-state index in [9.17, 15) is 0 Å². The molecule has 18 heavy (non-hydrogen) atoms. The van der Waals surface area contributed by atoms with E-state index in [2.05, 4.69) is 21.2 Å². The highest BCUT2D eigenvalue weighted by Gasteiger charge is 1.99. The molecule has 0 atom stereocenters. The first-order chi connectivity index (χ1) is 8.76. The SMILES string of the molecule is COCCOCCCNc1cc(Br)cc(OC)c1. The molecule has 0 aliphatic rings. The molecule has 0 bridgehead atoms. The summed E-state index contributed by atoms with van der Waals surface area (Å²) in [5.41, 5.74) is 1.04. The smallest absolute Gasteiger partial charge is 0.122 e.